The van der Waals surface area contributed by atoms with Crippen molar-refractivity contribution in [3.63, 3.8) is 0 Å². The SMILES string of the molecule is CC(CO)N(C)C(=O)c1ccc(OCc2ccccn2)cc1. The molecular formula is C17H20N2O3. The van der Waals surface area contributed by atoms with Crippen LogP contribution in [0.15, 0.2) is 48.7 Å². The average Bonchev–Trinajstić information content (AvgIpc) is 2.59. The van der Waals surface area contributed by atoms with Gasteiger partial charge in [0.15, 0.2) is 0 Å². The molecule has 0 saturated carbocycles. The predicted molar refractivity (Wildman–Crippen MR) is 83.7 cm³/mol. The summed E-state index contributed by atoms with van der Waals surface area (Å²) in [5.74, 6) is 0.554. The molecule has 22 heavy (non-hydrogen) atoms. The summed E-state index contributed by atoms with van der Waals surface area (Å²) >= 11 is 0. The molecule has 2 aromatic rings. The number of hydrogen-bond acceptors (Lipinski definition) is 4. The molecule has 0 radical (unpaired) electrons. The zero-order valence-electron chi connectivity index (χ0n) is 12.8. The fourth-order valence-electron chi connectivity index (χ4n) is 1.86. The van der Waals surface area contributed by atoms with E-state index in [1.54, 1.807) is 44.4 Å². The van der Waals surface area contributed by atoms with Gasteiger partial charge in [0.1, 0.15) is 12.4 Å². The maximum Gasteiger partial charge on any atom is 0.253 e. The Bertz CT molecular complexity index is 599. The molecule has 2 rings (SSSR count). The van der Waals surface area contributed by atoms with Crippen molar-refractivity contribution in [3.8, 4) is 5.75 Å². The van der Waals surface area contributed by atoms with Crippen LogP contribution >= 0.6 is 0 Å². The smallest absolute Gasteiger partial charge is 0.253 e. The number of aliphatic hydroxyl groups is 1. The van der Waals surface area contributed by atoms with Crippen LogP contribution in [0.25, 0.3) is 0 Å². The topological polar surface area (TPSA) is 62.7 Å². The Morgan fingerprint density at radius 1 is 1.27 bits per heavy atom. The third-order valence-electron chi connectivity index (χ3n) is 3.46. The van der Waals surface area contributed by atoms with Crippen LogP contribution in [0.5, 0.6) is 5.75 Å². The lowest BCUT2D eigenvalue weighted by molar-refractivity contribution is 0.0682. The summed E-state index contributed by atoms with van der Waals surface area (Å²) < 4.78 is 5.63. The van der Waals surface area contributed by atoms with Gasteiger partial charge in [-0.25, -0.2) is 0 Å². The van der Waals surface area contributed by atoms with Crippen molar-refractivity contribution in [2.24, 2.45) is 0 Å². The minimum absolute atomic E-state index is 0.0620. The summed E-state index contributed by atoms with van der Waals surface area (Å²) in [6, 6.07) is 12.4. The number of carbonyl (C=O) groups is 1. The van der Waals surface area contributed by atoms with Crippen LogP contribution in [0.2, 0.25) is 0 Å². The number of carbonyl (C=O) groups excluding carboxylic acids is 1. The van der Waals surface area contributed by atoms with Crippen LogP contribution in [0.1, 0.15) is 23.0 Å². The summed E-state index contributed by atoms with van der Waals surface area (Å²) in [6.07, 6.45) is 1.72. The Morgan fingerprint density at radius 3 is 2.59 bits per heavy atom. The monoisotopic (exact) mass is 300 g/mol. The highest BCUT2D eigenvalue weighted by atomic mass is 16.5. The molecule has 0 spiro atoms. The van der Waals surface area contributed by atoms with Crippen LogP contribution in [-0.4, -0.2) is 40.6 Å². The number of amides is 1. The first kappa shape index (κ1) is 16.0. The molecule has 0 aliphatic carbocycles. The third kappa shape index (κ3) is 4.05. The fourth-order valence-corrected chi connectivity index (χ4v) is 1.86. The fraction of sp³-hybridized carbons (Fsp3) is 0.294. The summed E-state index contributed by atoms with van der Waals surface area (Å²) in [5, 5.41) is 9.10. The van der Waals surface area contributed by atoms with Gasteiger partial charge < -0.3 is 14.7 Å². The predicted octanol–water partition coefficient (Wildman–Crippen LogP) is 2.11. The molecule has 0 fully saturated rings. The first-order valence-corrected chi connectivity index (χ1v) is 7.12. The Morgan fingerprint density at radius 2 is 2.00 bits per heavy atom. The van der Waals surface area contributed by atoms with Crippen molar-refractivity contribution < 1.29 is 14.6 Å². The summed E-state index contributed by atoms with van der Waals surface area (Å²) in [7, 11) is 1.68. The highest BCUT2D eigenvalue weighted by Gasteiger charge is 2.16. The molecular weight excluding hydrogens is 280 g/mol. The molecule has 0 aliphatic heterocycles. The lowest BCUT2D eigenvalue weighted by Crippen LogP contribution is -2.37. The van der Waals surface area contributed by atoms with Gasteiger partial charge in [-0.1, -0.05) is 6.07 Å². The van der Waals surface area contributed by atoms with Gasteiger partial charge in [0.25, 0.3) is 5.91 Å². The summed E-state index contributed by atoms with van der Waals surface area (Å²) in [5.41, 5.74) is 1.41. The van der Waals surface area contributed by atoms with Gasteiger partial charge in [0.05, 0.1) is 18.3 Å². The number of ether oxygens (including phenoxy) is 1. The number of rotatable bonds is 6. The molecule has 0 saturated heterocycles. The van der Waals surface area contributed by atoms with Gasteiger partial charge in [-0.2, -0.15) is 0 Å². The molecule has 1 aromatic carbocycles. The Labute approximate surface area is 130 Å². The normalized spacial score (nSPS) is 11.8. The highest BCUT2D eigenvalue weighted by molar-refractivity contribution is 5.94. The van der Waals surface area contributed by atoms with E-state index in [2.05, 4.69) is 4.98 Å². The lowest BCUT2D eigenvalue weighted by Gasteiger charge is -2.23. The quantitative estimate of drug-likeness (QED) is 0.887. The number of nitrogens with zero attached hydrogens (tertiary/aromatic N) is 2. The molecule has 1 atom stereocenters. The number of benzene rings is 1. The minimum Gasteiger partial charge on any atom is -0.487 e. The van der Waals surface area contributed by atoms with E-state index in [1.807, 2.05) is 18.2 Å². The summed E-state index contributed by atoms with van der Waals surface area (Å²) in [4.78, 5) is 17.9. The first-order chi connectivity index (χ1) is 10.6. The van der Waals surface area contributed by atoms with E-state index in [0.29, 0.717) is 17.9 Å². The molecule has 1 heterocycles. The number of hydrogen-bond donors (Lipinski definition) is 1. The molecule has 5 nitrogen and oxygen atoms in total. The van der Waals surface area contributed by atoms with E-state index < -0.39 is 0 Å². The van der Waals surface area contributed by atoms with E-state index in [9.17, 15) is 4.79 Å². The molecule has 5 heteroatoms. The Kier molecular flexibility index (Phi) is 5.49. The number of pyridine rings is 1. The summed E-state index contributed by atoms with van der Waals surface area (Å²) in [6.45, 7) is 2.12. The molecule has 116 valence electrons. The maximum absolute atomic E-state index is 12.2. The van der Waals surface area contributed by atoms with Crippen molar-refractivity contribution in [2.45, 2.75) is 19.6 Å². The number of aromatic nitrogens is 1. The average molecular weight is 300 g/mol. The third-order valence-corrected chi connectivity index (χ3v) is 3.46. The zero-order valence-corrected chi connectivity index (χ0v) is 12.8. The first-order valence-electron chi connectivity index (χ1n) is 7.12. The Hall–Kier alpha value is -2.40. The van der Waals surface area contributed by atoms with Crippen LogP contribution in [-0.2, 0) is 6.61 Å². The van der Waals surface area contributed by atoms with E-state index in [4.69, 9.17) is 9.84 Å². The molecule has 0 aliphatic rings. The number of likely N-dealkylation sites (N-methyl/N-ethyl adjacent to an activating group) is 1. The Balaban J connectivity index is 1.97. The largest absolute Gasteiger partial charge is 0.487 e. The van der Waals surface area contributed by atoms with Crippen LogP contribution in [0.4, 0.5) is 0 Å². The van der Waals surface area contributed by atoms with Crippen LogP contribution < -0.4 is 4.74 Å². The molecule has 1 unspecified atom stereocenters. The van der Waals surface area contributed by atoms with Crippen molar-refractivity contribution in [2.75, 3.05) is 13.7 Å². The van der Waals surface area contributed by atoms with Gasteiger partial charge in [-0.05, 0) is 43.3 Å². The van der Waals surface area contributed by atoms with Gasteiger partial charge >= 0.3 is 0 Å². The van der Waals surface area contributed by atoms with Crippen molar-refractivity contribution in [3.05, 3.63) is 59.9 Å². The molecule has 1 amide bonds. The number of aliphatic hydroxyl groups excluding tert-OH is 1. The second kappa shape index (κ2) is 7.56. The zero-order chi connectivity index (χ0) is 15.9. The van der Waals surface area contributed by atoms with Crippen molar-refractivity contribution in [1.29, 1.82) is 0 Å². The van der Waals surface area contributed by atoms with Gasteiger partial charge in [-0.3, -0.25) is 9.78 Å². The van der Waals surface area contributed by atoms with E-state index in [0.717, 1.165) is 5.69 Å². The molecule has 1 N–H and O–H groups in total. The second-order valence-corrected chi connectivity index (χ2v) is 5.08. The van der Waals surface area contributed by atoms with Crippen LogP contribution in [0.3, 0.4) is 0 Å². The highest BCUT2D eigenvalue weighted by Crippen LogP contribution is 2.15. The maximum atomic E-state index is 12.2. The van der Waals surface area contributed by atoms with Crippen LogP contribution in [0, 0.1) is 0 Å². The second-order valence-electron chi connectivity index (χ2n) is 5.08. The van der Waals surface area contributed by atoms with E-state index in [1.165, 1.54) is 4.90 Å². The van der Waals surface area contributed by atoms with Crippen molar-refractivity contribution >= 4 is 5.91 Å². The minimum atomic E-state index is -0.215. The van der Waals surface area contributed by atoms with Gasteiger partial charge in [0.2, 0.25) is 0 Å². The molecule has 0 bridgehead atoms. The van der Waals surface area contributed by atoms with Gasteiger partial charge in [-0.15, -0.1) is 0 Å². The van der Waals surface area contributed by atoms with Gasteiger partial charge in [0, 0.05) is 18.8 Å². The van der Waals surface area contributed by atoms with E-state index >= 15 is 0 Å². The molecule has 1 aromatic heterocycles. The van der Waals surface area contributed by atoms with Crippen molar-refractivity contribution in [1.82, 2.24) is 9.88 Å². The lowest BCUT2D eigenvalue weighted by atomic mass is 10.1. The standard InChI is InChI=1S/C17H20N2O3/c1-13(11-20)19(2)17(21)14-6-8-16(9-7-14)22-12-15-5-3-4-10-18-15/h3-10,13,20H,11-12H2,1-2H3. The van der Waals surface area contributed by atoms with E-state index in [-0.39, 0.29) is 18.6 Å².